The van der Waals surface area contributed by atoms with Crippen molar-refractivity contribution >= 4 is 28.4 Å². The van der Waals surface area contributed by atoms with Crippen molar-refractivity contribution < 1.29 is 4.79 Å². The van der Waals surface area contributed by atoms with Crippen LogP contribution in [0.4, 0.5) is 0 Å². The van der Waals surface area contributed by atoms with Gasteiger partial charge in [-0.15, -0.1) is 0 Å². The number of aryl methyl sites for hydroxylation is 1. The highest BCUT2D eigenvalue weighted by Gasteiger charge is 2.26. The number of rotatable bonds is 3. The summed E-state index contributed by atoms with van der Waals surface area (Å²) < 4.78 is 1.59. The first-order valence-corrected chi connectivity index (χ1v) is 9.63. The standard InChI is InChI=1S/C21H21ClN4O2/c1-24-18-9-5-3-7-16(18)20(27)19(23-24)21(28)26-12-10-25(11-13-26)14-15-6-2-4-8-17(15)22/h2-9H,10-14H2,1H3. The first-order valence-electron chi connectivity index (χ1n) is 9.25. The molecule has 0 N–H and O–H groups in total. The molecule has 1 saturated heterocycles. The fourth-order valence-electron chi connectivity index (χ4n) is 3.59. The number of amides is 1. The van der Waals surface area contributed by atoms with Crippen molar-refractivity contribution in [3.05, 3.63) is 75.0 Å². The summed E-state index contributed by atoms with van der Waals surface area (Å²) >= 11 is 6.25. The smallest absolute Gasteiger partial charge is 0.278 e. The van der Waals surface area contributed by atoms with Crippen LogP contribution in [0.5, 0.6) is 0 Å². The van der Waals surface area contributed by atoms with E-state index in [4.69, 9.17) is 11.6 Å². The van der Waals surface area contributed by atoms with E-state index < -0.39 is 0 Å². The van der Waals surface area contributed by atoms with E-state index in [9.17, 15) is 9.59 Å². The van der Waals surface area contributed by atoms with E-state index in [1.54, 1.807) is 28.8 Å². The lowest BCUT2D eigenvalue weighted by molar-refractivity contribution is 0.0619. The number of carbonyl (C=O) groups excluding carboxylic acids is 1. The van der Waals surface area contributed by atoms with Gasteiger partial charge in [-0.1, -0.05) is 41.9 Å². The Morgan fingerprint density at radius 2 is 1.71 bits per heavy atom. The van der Waals surface area contributed by atoms with Gasteiger partial charge in [0.2, 0.25) is 5.43 Å². The number of para-hydroxylation sites is 1. The summed E-state index contributed by atoms with van der Waals surface area (Å²) in [5.74, 6) is -0.302. The normalized spacial score (nSPS) is 15.1. The van der Waals surface area contributed by atoms with E-state index in [1.807, 2.05) is 36.4 Å². The predicted octanol–water partition coefficient (Wildman–Crippen LogP) is 2.54. The molecule has 28 heavy (non-hydrogen) atoms. The molecule has 0 unspecified atom stereocenters. The molecule has 7 heteroatoms. The van der Waals surface area contributed by atoms with E-state index in [0.29, 0.717) is 24.0 Å². The number of halogens is 1. The molecule has 0 spiro atoms. The summed E-state index contributed by atoms with van der Waals surface area (Å²) in [5, 5.41) is 5.53. The SMILES string of the molecule is Cn1nc(C(=O)N2CCN(Cc3ccccc3Cl)CC2)c(=O)c2ccccc21. The van der Waals surface area contributed by atoms with Crippen LogP contribution in [0.25, 0.3) is 10.9 Å². The van der Waals surface area contributed by atoms with Crippen LogP contribution in [0.15, 0.2) is 53.3 Å². The average molecular weight is 397 g/mol. The third-order valence-electron chi connectivity index (χ3n) is 5.18. The molecular formula is C21H21ClN4O2. The number of piperazine rings is 1. The van der Waals surface area contributed by atoms with Gasteiger partial charge in [0.1, 0.15) is 0 Å². The maximum Gasteiger partial charge on any atom is 0.278 e. The molecule has 3 aromatic rings. The fraction of sp³-hybridized carbons (Fsp3) is 0.286. The molecular weight excluding hydrogens is 376 g/mol. The zero-order valence-corrected chi connectivity index (χ0v) is 16.4. The van der Waals surface area contributed by atoms with Gasteiger partial charge in [0, 0.05) is 50.2 Å². The molecule has 0 aliphatic carbocycles. The van der Waals surface area contributed by atoms with E-state index in [-0.39, 0.29) is 17.0 Å². The highest BCUT2D eigenvalue weighted by atomic mass is 35.5. The number of carbonyl (C=O) groups is 1. The summed E-state index contributed by atoms with van der Waals surface area (Å²) in [6.45, 7) is 3.31. The third-order valence-corrected chi connectivity index (χ3v) is 5.54. The molecule has 4 rings (SSSR count). The van der Waals surface area contributed by atoms with Crippen LogP contribution < -0.4 is 5.43 Å². The van der Waals surface area contributed by atoms with Crippen molar-refractivity contribution in [3.63, 3.8) is 0 Å². The third kappa shape index (κ3) is 3.53. The van der Waals surface area contributed by atoms with E-state index in [0.717, 1.165) is 30.2 Å². The summed E-state index contributed by atoms with van der Waals surface area (Å²) in [4.78, 5) is 29.7. The van der Waals surface area contributed by atoms with Gasteiger partial charge in [0.05, 0.1) is 5.52 Å². The average Bonchev–Trinajstić information content (AvgIpc) is 2.72. The topological polar surface area (TPSA) is 58.4 Å². The van der Waals surface area contributed by atoms with E-state index >= 15 is 0 Å². The zero-order chi connectivity index (χ0) is 19.7. The fourth-order valence-corrected chi connectivity index (χ4v) is 3.79. The van der Waals surface area contributed by atoms with Crippen molar-refractivity contribution in [1.29, 1.82) is 0 Å². The van der Waals surface area contributed by atoms with Crippen LogP contribution in [-0.4, -0.2) is 51.7 Å². The lowest BCUT2D eigenvalue weighted by Crippen LogP contribution is -2.49. The molecule has 2 heterocycles. The van der Waals surface area contributed by atoms with Gasteiger partial charge >= 0.3 is 0 Å². The molecule has 0 saturated carbocycles. The Morgan fingerprint density at radius 3 is 2.46 bits per heavy atom. The molecule has 1 aromatic heterocycles. The van der Waals surface area contributed by atoms with Gasteiger partial charge in [-0.05, 0) is 23.8 Å². The van der Waals surface area contributed by atoms with Crippen LogP contribution in [0.3, 0.4) is 0 Å². The predicted molar refractivity (Wildman–Crippen MR) is 110 cm³/mol. The monoisotopic (exact) mass is 396 g/mol. The second-order valence-electron chi connectivity index (χ2n) is 6.98. The minimum absolute atomic E-state index is 0.0132. The highest BCUT2D eigenvalue weighted by molar-refractivity contribution is 6.31. The Labute approximate surface area is 167 Å². The summed E-state index contributed by atoms with van der Waals surface area (Å²) in [7, 11) is 1.75. The van der Waals surface area contributed by atoms with Crippen LogP contribution in [-0.2, 0) is 13.6 Å². The molecule has 0 bridgehead atoms. The van der Waals surface area contributed by atoms with Crippen molar-refractivity contribution in [2.24, 2.45) is 7.05 Å². The Morgan fingerprint density at radius 1 is 1.04 bits per heavy atom. The van der Waals surface area contributed by atoms with Gasteiger partial charge in [-0.3, -0.25) is 19.2 Å². The number of hydrogen-bond donors (Lipinski definition) is 0. The van der Waals surface area contributed by atoms with Gasteiger partial charge in [-0.2, -0.15) is 5.10 Å². The van der Waals surface area contributed by atoms with Gasteiger partial charge in [0.25, 0.3) is 5.91 Å². The van der Waals surface area contributed by atoms with Crippen LogP contribution in [0, 0.1) is 0 Å². The van der Waals surface area contributed by atoms with Crippen LogP contribution >= 0.6 is 11.6 Å². The van der Waals surface area contributed by atoms with Gasteiger partial charge < -0.3 is 4.90 Å². The second-order valence-corrected chi connectivity index (χ2v) is 7.39. The minimum atomic E-state index is -0.308. The molecule has 6 nitrogen and oxygen atoms in total. The molecule has 144 valence electrons. The van der Waals surface area contributed by atoms with Crippen LogP contribution in [0.2, 0.25) is 5.02 Å². The quantitative estimate of drug-likeness (QED) is 0.682. The molecule has 0 atom stereocenters. The Bertz CT molecular complexity index is 1090. The molecule has 0 radical (unpaired) electrons. The van der Waals surface area contributed by atoms with E-state index in [2.05, 4.69) is 10.00 Å². The summed E-state index contributed by atoms with van der Waals surface area (Å²) in [6, 6.07) is 15.0. The molecule has 1 aliphatic heterocycles. The Balaban J connectivity index is 1.49. The Kier molecular flexibility index (Phi) is 5.15. The van der Waals surface area contributed by atoms with E-state index in [1.165, 1.54) is 0 Å². The number of hydrogen-bond acceptors (Lipinski definition) is 4. The first-order chi connectivity index (χ1) is 13.5. The van der Waals surface area contributed by atoms with Gasteiger partial charge in [-0.25, -0.2) is 0 Å². The van der Waals surface area contributed by atoms with Crippen molar-refractivity contribution in [2.45, 2.75) is 6.54 Å². The maximum atomic E-state index is 12.9. The molecule has 2 aromatic carbocycles. The molecule has 1 amide bonds. The minimum Gasteiger partial charge on any atom is -0.335 e. The van der Waals surface area contributed by atoms with Gasteiger partial charge in [0.15, 0.2) is 5.69 Å². The van der Waals surface area contributed by atoms with Crippen molar-refractivity contribution in [1.82, 2.24) is 19.6 Å². The largest absolute Gasteiger partial charge is 0.335 e. The zero-order valence-electron chi connectivity index (χ0n) is 15.6. The number of aromatic nitrogens is 2. The Hall–Kier alpha value is -2.70. The molecule has 1 aliphatic rings. The summed E-state index contributed by atoms with van der Waals surface area (Å²) in [5.41, 5.74) is 1.47. The van der Waals surface area contributed by atoms with Crippen LogP contribution in [0.1, 0.15) is 16.1 Å². The lowest BCUT2D eigenvalue weighted by atomic mass is 10.1. The van der Waals surface area contributed by atoms with Crippen molar-refractivity contribution in [3.8, 4) is 0 Å². The number of fused-ring (bicyclic) bond motifs is 1. The highest BCUT2D eigenvalue weighted by Crippen LogP contribution is 2.18. The number of nitrogens with zero attached hydrogens (tertiary/aromatic N) is 4. The summed E-state index contributed by atoms with van der Waals surface area (Å²) in [6.07, 6.45) is 0. The second kappa shape index (κ2) is 7.73. The maximum absolute atomic E-state index is 12.9. The molecule has 1 fully saturated rings. The first kappa shape index (κ1) is 18.7. The lowest BCUT2D eigenvalue weighted by Gasteiger charge is -2.34. The number of benzene rings is 2. The van der Waals surface area contributed by atoms with Crippen molar-refractivity contribution in [2.75, 3.05) is 26.2 Å².